The number of thiazole rings is 1. The van der Waals surface area contributed by atoms with Crippen molar-refractivity contribution in [1.29, 1.82) is 0 Å². The van der Waals surface area contributed by atoms with E-state index in [1.165, 1.54) is 37.1 Å². The molecule has 5 nitrogen and oxygen atoms in total. The molecule has 6 heteroatoms. The van der Waals surface area contributed by atoms with Crippen LogP contribution < -0.4 is 10.2 Å². The molecule has 1 aromatic rings. The third-order valence-electron chi connectivity index (χ3n) is 5.25. The molecule has 2 aliphatic heterocycles. The molecule has 1 aromatic heterocycles. The van der Waals surface area contributed by atoms with Gasteiger partial charge in [-0.2, -0.15) is 0 Å². The summed E-state index contributed by atoms with van der Waals surface area (Å²) in [4.78, 5) is 21.7. The number of fused-ring (bicyclic) bond motifs is 1. The Bertz CT molecular complexity index is 540. The van der Waals surface area contributed by atoms with Gasteiger partial charge in [0.05, 0.1) is 11.2 Å². The van der Waals surface area contributed by atoms with Crippen molar-refractivity contribution in [3.05, 3.63) is 11.2 Å². The van der Waals surface area contributed by atoms with Crippen molar-refractivity contribution in [2.24, 2.45) is 0 Å². The van der Waals surface area contributed by atoms with Gasteiger partial charge in [-0.25, -0.2) is 4.98 Å². The van der Waals surface area contributed by atoms with Crippen LogP contribution in [0.4, 0.5) is 5.00 Å². The Hall–Kier alpha value is -0.980. The normalized spacial score (nSPS) is 27.9. The van der Waals surface area contributed by atoms with E-state index in [4.69, 9.17) is 0 Å². The van der Waals surface area contributed by atoms with E-state index in [0.29, 0.717) is 5.92 Å². The number of anilines is 1. The molecule has 1 N–H and O–H groups in total. The molecule has 3 fully saturated rings. The number of rotatable bonds is 2. The highest BCUT2D eigenvalue weighted by atomic mass is 32.1. The lowest BCUT2D eigenvalue weighted by Gasteiger charge is -2.42. The predicted octanol–water partition coefficient (Wildman–Crippen LogP) is 1.81. The van der Waals surface area contributed by atoms with E-state index >= 15 is 0 Å². The van der Waals surface area contributed by atoms with E-state index < -0.39 is 0 Å². The van der Waals surface area contributed by atoms with Gasteiger partial charge < -0.3 is 5.32 Å². The number of aromatic nitrogens is 1. The van der Waals surface area contributed by atoms with E-state index in [0.717, 1.165) is 37.7 Å². The van der Waals surface area contributed by atoms with Crippen molar-refractivity contribution in [3.63, 3.8) is 0 Å². The Morgan fingerprint density at radius 3 is 2.91 bits per heavy atom. The summed E-state index contributed by atoms with van der Waals surface area (Å²) in [6.45, 7) is 4.55. The van der Waals surface area contributed by atoms with Crippen LogP contribution in [0.25, 0.3) is 0 Å². The molecule has 1 saturated carbocycles. The Labute approximate surface area is 135 Å². The molecule has 0 aromatic carbocycles. The van der Waals surface area contributed by atoms with Gasteiger partial charge in [0.15, 0.2) is 0 Å². The third-order valence-corrected chi connectivity index (χ3v) is 6.43. The lowest BCUT2D eigenvalue weighted by Crippen LogP contribution is -2.64. The molecule has 1 amide bonds. The molecular formula is C16H24N4OS. The van der Waals surface area contributed by atoms with E-state index in [1.54, 1.807) is 11.3 Å². The minimum absolute atomic E-state index is 0.0164. The summed E-state index contributed by atoms with van der Waals surface area (Å²) in [5.41, 5.74) is 0. The second-order valence-electron chi connectivity index (χ2n) is 6.62. The van der Waals surface area contributed by atoms with Crippen molar-refractivity contribution in [3.8, 4) is 0 Å². The molecule has 22 heavy (non-hydrogen) atoms. The fraction of sp³-hybridized carbons (Fsp3) is 0.750. The van der Waals surface area contributed by atoms with Gasteiger partial charge in [0, 0.05) is 38.6 Å². The van der Waals surface area contributed by atoms with Gasteiger partial charge in [-0.05, 0) is 12.8 Å². The summed E-state index contributed by atoms with van der Waals surface area (Å²) in [6, 6.07) is 0.0164. The number of hydrogen-bond donors (Lipinski definition) is 1. The van der Waals surface area contributed by atoms with Crippen LogP contribution in [0.2, 0.25) is 0 Å². The maximum Gasteiger partial charge on any atom is 0.246 e. The molecule has 120 valence electrons. The highest BCUT2D eigenvalue weighted by Crippen LogP contribution is 2.37. The summed E-state index contributed by atoms with van der Waals surface area (Å²) in [5, 5.41) is 5.64. The smallest absolute Gasteiger partial charge is 0.246 e. The largest absolute Gasteiger partial charge is 0.313 e. The molecule has 1 atom stereocenters. The zero-order valence-electron chi connectivity index (χ0n) is 13.0. The van der Waals surface area contributed by atoms with Gasteiger partial charge >= 0.3 is 0 Å². The molecule has 3 aliphatic rings. The van der Waals surface area contributed by atoms with Gasteiger partial charge in [-0.3, -0.25) is 14.6 Å². The monoisotopic (exact) mass is 320 g/mol. The fourth-order valence-electron chi connectivity index (χ4n) is 3.94. The van der Waals surface area contributed by atoms with Crippen LogP contribution in [-0.4, -0.2) is 54.6 Å². The molecule has 1 aliphatic carbocycles. The van der Waals surface area contributed by atoms with Crippen molar-refractivity contribution >= 4 is 22.2 Å². The van der Waals surface area contributed by atoms with Gasteiger partial charge in [0.25, 0.3) is 0 Å². The zero-order chi connectivity index (χ0) is 14.9. The molecule has 3 heterocycles. The molecule has 0 spiro atoms. The van der Waals surface area contributed by atoms with Crippen LogP contribution in [0.15, 0.2) is 6.20 Å². The molecular weight excluding hydrogens is 296 g/mol. The van der Waals surface area contributed by atoms with Gasteiger partial charge in [0.1, 0.15) is 11.0 Å². The number of carbonyl (C=O) groups is 1. The van der Waals surface area contributed by atoms with E-state index in [2.05, 4.69) is 15.2 Å². The Balaban J connectivity index is 1.49. The lowest BCUT2D eigenvalue weighted by molar-refractivity contribution is -0.126. The van der Waals surface area contributed by atoms with Crippen LogP contribution in [-0.2, 0) is 4.79 Å². The Morgan fingerprint density at radius 2 is 2.05 bits per heavy atom. The van der Waals surface area contributed by atoms with Crippen LogP contribution in [0.3, 0.4) is 0 Å². The van der Waals surface area contributed by atoms with Crippen molar-refractivity contribution in [1.82, 2.24) is 15.2 Å². The molecule has 2 saturated heterocycles. The van der Waals surface area contributed by atoms with Crippen LogP contribution >= 0.6 is 11.3 Å². The fourth-order valence-corrected chi connectivity index (χ4v) is 5.06. The highest BCUT2D eigenvalue weighted by molar-refractivity contribution is 7.16. The first-order chi connectivity index (χ1) is 10.8. The summed E-state index contributed by atoms with van der Waals surface area (Å²) in [7, 11) is 0. The van der Waals surface area contributed by atoms with E-state index in [-0.39, 0.29) is 11.9 Å². The van der Waals surface area contributed by atoms with E-state index in [9.17, 15) is 4.79 Å². The van der Waals surface area contributed by atoms with Crippen molar-refractivity contribution in [2.45, 2.75) is 44.1 Å². The quantitative estimate of drug-likeness (QED) is 0.903. The number of hydrogen-bond acceptors (Lipinski definition) is 5. The lowest BCUT2D eigenvalue weighted by atomic mass is 9.90. The van der Waals surface area contributed by atoms with E-state index in [1.807, 2.05) is 11.1 Å². The van der Waals surface area contributed by atoms with Crippen molar-refractivity contribution in [2.75, 3.05) is 37.6 Å². The standard InChI is InChI=1S/C16H24N4OS/c21-16-13-10-17-6-7-19(13)8-9-20(16)14-11-18-15(22-14)12-4-2-1-3-5-12/h11-13,17H,1-10H2/t13-/m1/s1. The molecule has 0 unspecified atom stereocenters. The second kappa shape index (κ2) is 6.26. The minimum Gasteiger partial charge on any atom is -0.313 e. The Morgan fingerprint density at radius 1 is 1.18 bits per heavy atom. The Kier molecular flexibility index (Phi) is 4.15. The summed E-state index contributed by atoms with van der Waals surface area (Å²) >= 11 is 1.74. The minimum atomic E-state index is 0.0164. The predicted molar refractivity (Wildman–Crippen MR) is 88.5 cm³/mol. The average Bonchev–Trinajstić information content (AvgIpc) is 3.06. The maximum atomic E-state index is 12.8. The van der Waals surface area contributed by atoms with Crippen LogP contribution in [0.5, 0.6) is 0 Å². The summed E-state index contributed by atoms with van der Waals surface area (Å²) < 4.78 is 0. The van der Waals surface area contributed by atoms with Gasteiger partial charge in [-0.15, -0.1) is 11.3 Å². The summed E-state index contributed by atoms with van der Waals surface area (Å²) in [6.07, 6.45) is 8.47. The van der Waals surface area contributed by atoms with Gasteiger partial charge in [0.2, 0.25) is 5.91 Å². The summed E-state index contributed by atoms with van der Waals surface area (Å²) in [5.74, 6) is 0.873. The zero-order valence-corrected chi connectivity index (χ0v) is 13.8. The number of carbonyl (C=O) groups excluding carboxylic acids is 1. The molecule has 0 bridgehead atoms. The number of piperazine rings is 2. The third kappa shape index (κ3) is 2.68. The first kappa shape index (κ1) is 14.6. The first-order valence-electron chi connectivity index (χ1n) is 8.55. The SMILES string of the molecule is O=C1[C@H]2CNCCN2CCN1c1cnc(C2CCCCC2)s1. The highest BCUT2D eigenvalue weighted by Gasteiger charge is 2.37. The number of amides is 1. The molecule has 0 radical (unpaired) electrons. The van der Waals surface area contributed by atoms with Crippen LogP contribution in [0.1, 0.15) is 43.0 Å². The number of nitrogens with zero attached hydrogens (tertiary/aromatic N) is 3. The number of nitrogens with one attached hydrogen (secondary N) is 1. The first-order valence-corrected chi connectivity index (χ1v) is 9.36. The second-order valence-corrected chi connectivity index (χ2v) is 7.66. The van der Waals surface area contributed by atoms with Crippen molar-refractivity contribution < 1.29 is 4.79 Å². The average molecular weight is 320 g/mol. The molecule has 4 rings (SSSR count). The van der Waals surface area contributed by atoms with Crippen LogP contribution in [0, 0.1) is 0 Å². The topological polar surface area (TPSA) is 48.5 Å². The maximum absolute atomic E-state index is 12.8. The van der Waals surface area contributed by atoms with Gasteiger partial charge in [-0.1, -0.05) is 19.3 Å².